The number of ether oxygens (including phenoxy) is 1. The van der Waals surface area contributed by atoms with Gasteiger partial charge in [0.1, 0.15) is 11.8 Å². The zero-order valence-electron chi connectivity index (χ0n) is 18.0. The van der Waals surface area contributed by atoms with Gasteiger partial charge in [0.15, 0.2) is 5.11 Å². The molecule has 4 aromatic rings. The third-order valence-corrected chi connectivity index (χ3v) is 6.19. The highest BCUT2D eigenvalue weighted by atomic mass is 32.1. The van der Waals surface area contributed by atoms with Gasteiger partial charge < -0.3 is 19.5 Å². The fourth-order valence-electron chi connectivity index (χ4n) is 4.40. The lowest BCUT2D eigenvalue weighted by molar-refractivity contribution is 0.415. The summed E-state index contributed by atoms with van der Waals surface area (Å²) >= 11 is 5.85. The number of thiocarbonyl (C=S) groups is 1. The van der Waals surface area contributed by atoms with Crippen LogP contribution in [-0.4, -0.2) is 21.8 Å². The summed E-state index contributed by atoms with van der Waals surface area (Å²) in [6, 6.07) is 28.6. The Labute approximate surface area is 193 Å². The van der Waals surface area contributed by atoms with Gasteiger partial charge in [0.05, 0.1) is 18.8 Å². The van der Waals surface area contributed by atoms with E-state index in [4.69, 9.17) is 17.0 Å². The molecule has 5 rings (SSSR count). The van der Waals surface area contributed by atoms with Gasteiger partial charge in [0, 0.05) is 29.0 Å². The molecule has 1 N–H and O–H groups in total. The van der Waals surface area contributed by atoms with Crippen LogP contribution >= 0.6 is 12.2 Å². The lowest BCUT2D eigenvalue weighted by Gasteiger charge is -2.29. The van der Waals surface area contributed by atoms with Crippen LogP contribution in [0.4, 0.5) is 5.69 Å². The lowest BCUT2D eigenvalue weighted by atomic mass is 10.0. The molecule has 0 spiro atoms. The van der Waals surface area contributed by atoms with Crippen molar-refractivity contribution in [3.8, 4) is 11.4 Å². The first-order valence-electron chi connectivity index (χ1n) is 10.6. The summed E-state index contributed by atoms with van der Waals surface area (Å²) in [6.45, 7) is 2.13. The Balaban J connectivity index is 1.68. The Bertz CT molecular complexity index is 1220. The molecule has 1 saturated heterocycles. The monoisotopic (exact) mass is 440 g/mol. The molecule has 0 radical (unpaired) electrons. The van der Waals surface area contributed by atoms with Crippen LogP contribution in [0.15, 0.2) is 91.1 Å². The first-order chi connectivity index (χ1) is 15.7. The molecule has 2 atom stereocenters. The Morgan fingerprint density at radius 1 is 0.875 bits per heavy atom. The van der Waals surface area contributed by atoms with Gasteiger partial charge in [0.2, 0.25) is 0 Å². The summed E-state index contributed by atoms with van der Waals surface area (Å²) in [4.78, 5) is 6.84. The van der Waals surface area contributed by atoms with Gasteiger partial charge in [-0.25, -0.2) is 0 Å². The molecule has 2 aromatic heterocycles. The predicted octanol–water partition coefficient (Wildman–Crippen LogP) is 5.37. The second-order valence-electron chi connectivity index (χ2n) is 7.77. The molecule has 0 aliphatic carbocycles. The Morgan fingerprint density at radius 2 is 1.62 bits per heavy atom. The number of anilines is 1. The van der Waals surface area contributed by atoms with E-state index in [0.29, 0.717) is 5.11 Å². The van der Waals surface area contributed by atoms with Crippen LogP contribution in [0.2, 0.25) is 0 Å². The minimum atomic E-state index is -0.0948. The van der Waals surface area contributed by atoms with Crippen molar-refractivity contribution >= 4 is 23.0 Å². The Kier molecular flexibility index (Phi) is 5.37. The van der Waals surface area contributed by atoms with Crippen LogP contribution in [-0.2, 0) is 0 Å². The molecule has 1 aliphatic heterocycles. The van der Waals surface area contributed by atoms with Gasteiger partial charge in [0.25, 0.3) is 0 Å². The number of para-hydroxylation sites is 1. The average Bonchev–Trinajstić information content (AvgIpc) is 3.39. The molecule has 6 heteroatoms. The van der Waals surface area contributed by atoms with Crippen molar-refractivity contribution in [1.29, 1.82) is 0 Å². The van der Waals surface area contributed by atoms with Crippen molar-refractivity contribution in [1.82, 2.24) is 14.9 Å². The predicted molar refractivity (Wildman–Crippen MR) is 131 cm³/mol. The summed E-state index contributed by atoms with van der Waals surface area (Å²) < 4.78 is 7.66. The summed E-state index contributed by atoms with van der Waals surface area (Å²) in [5.41, 5.74) is 5.39. The van der Waals surface area contributed by atoms with Crippen molar-refractivity contribution in [2.45, 2.75) is 19.0 Å². The number of aromatic nitrogens is 2. The Morgan fingerprint density at radius 3 is 2.31 bits per heavy atom. The van der Waals surface area contributed by atoms with E-state index in [1.165, 1.54) is 5.69 Å². The average molecular weight is 441 g/mol. The van der Waals surface area contributed by atoms with Crippen LogP contribution in [0.25, 0.3) is 5.69 Å². The molecule has 3 heterocycles. The molecule has 160 valence electrons. The SMILES string of the molecule is COc1ccc(N2C(=S)NC(c3ccccn3)C2c2ccc(C)n2-c2ccccc2)cc1. The number of benzene rings is 2. The van der Waals surface area contributed by atoms with Crippen LogP contribution in [0.1, 0.15) is 29.2 Å². The van der Waals surface area contributed by atoms with Crippen molar-refractivity contribution < 1.29 is 4.74 Å². The minimum Gasteiger partial charge on any atom is -0.497 e. The normalized spacial score (nSPS) is 17.9. The standard InChI is InChI=1S/C26H24N4OS/c1-18-11-16-23(29(18)19-8-4-3-5-9-19)25-24(22-10-6-7-17-27-22)28-26(32)30(25)20-12-14-21(31-2)15-13-20/h3-17,24-25H,1-2H3,(H,28,32). The molecule has 32 heavy (non-hydrogen) atoms. The van der Waals surface area contributed by atoms with E-state index in [-0.39, 0.29) is 12.1 Å². The van der Waals surface area contributed by atoms with Gasteiger partial charge in [-0.2, -0.15) is 0 Å². The van der Waals surface area contributed by atoms with Crippen molar-refractivity contribution in [3.63, 3.8) is 0 Å². The molecule has 1 fully saturated rings. The highest BCUT2D eigenvalue weighted by molar-refractivity contribution is 7.80. The lowest BCUT2D eigenvalue weighted by Crippen LogP contribution is -2.30. The zero-order valence-corrected chi connectivity index (χ0v) is 18.8. The third-order valence-electron chi connectivity index (χ3n) is 5.87. The molecule has 1 aliphatic rings. The van der Waals surface area contributed by atoms with Crippen LogP contribution in [0, 0.1) is 6.92 Å². The largest absolute Gasteiger partial charge is 0.497 e. The smallest absolute Gasteiger partial charge is 0.174 e. The summed E-state index contributed by atoms with van der Waals surface area (Å²) in [5.74, 6) is 0.813. The third kappa shape index (κ3) is 3.52. The Hall–Kier alpha value is -3.64. The van der Waals surface area contributed by atoms with Crippen LogP contribution < -0.4 is 15.0 Å². The summed E-state index contributed by atoms with van der Waals surface area (Å²) in [6.07, 6.45) is 1.83. The fourth-order valence-corrected chi connectivity index (χ4v) is 4.74. The van der Waals surface area contributed by atoms with E-state index in [2.05, 4.69) is 63.1 Å². The fraction of sp³-hybridized carbons (Fsp3) is 0.154. The first-order valence-corrected chi connectivity index (χ1v) is 11.0. The number of nitrogens with zero attached hydrogens (tertiary/aromatic N) is 3. The summed E-state index contributed by atoms with van der Waals surface area (Å²) in [5, 5.41) is 4.21. The van der Waals surface area contributed by atoms with Gasteiger partial charge in [-0.15, -0.1) is 0 Å². The maximum atomic E-state index is 5.85. The second kappa shape index (κ2) is 8.48. The molecule has 5 nitrogen and oxygen atoms in total. The number of pyridine rings is 1. The highest BCUT2D eigenvalue weighted by Gasteiger charge is 2.42. The zero-order chi connectivity index (χ0) is 22.1. The van der Waals surface area contributed by atoms with Gasteiger partial charge in [-0.1, -0.05) is 24.3 Å². The van der Waals surface area contributed by atoms with Crippen LogP contribution in [0.5, 0.6) is 5.75 Å². The van der Waals surface area contributed by atoms with E-state index < -0.39 is 0 Å². The van der Waals surface area contributed by atoms with E-state index >= 15 is 0 Å². The molecular weight excluding hydrogens is 416 g/mol. The quantitative estimate of drug-likeness (QED) is 0.423. The number of aryl methyl sites for hydroxylation is 1. The first kappa shape index (κ1) is 20.3. The molecule has 2 aromatic carbocycles. The van der Waals surface area contributed by atoms with E-state index in [9.17, 15) is 0 Å². The summed E-state index contributed by atoms with van der Waals surface area (Å²) in [7, 11) is 1.67. The van der Waals surface area contributed by atoms with Crippen molar-refractivity contribution in [2.75, 3.05) is 12.0 Å². The van der Waals surface area contributed by atoms with Gasteiger partial charge >= 0.3 is 0 Å². The number of rotatable bonds is 5. The number of methoxy groups -OCH3 is 1. The molecule has 0 bridgehead atoms. The van der Waals surface area contributed by atoms with E-state index in [1.807, 2.05) is 54.7 Å². The second-order valence-corrected chi connectivity index (χ2v) is 8.15. The van der Waals surface area contributed by atoms with Crippen LogP contribution in [0.3, 0.4) is 0 Å². The van der Waals surface area contributed by atoms with Gasteiger partial charge in [-0.05, 0) is 79.8 Å². The molecule has 2 unspecified atom stereocenters. The maximum Gasteiger partial charge on any atom is 0.174 e. The number of nitrogens with one attached hydrogen (secondary N) is 1. The highest BCUT2D eigenvalue weighted by Crippen LogP contribution is 2.43. The topological polar surface area (TPSA) is 42.3 Å². The number of hydrogen-bond acceptors (Lipinski definition) is 3. The molecule has 0 amide bonds. The van der Waals surface area contributed by atoms with Gasteiger partial charge in [-0.3, -0.25) is 4.98 Å². The van der Waals surface area contributed by atoms with E-state index in [0.717, 1.165) is 28.5 Å². The molecular formula is C26H24N4OS. The number of hydrogen-bond donors (Lipinski definition) is 1. The van der Waals surface area contributed by atoms with Crippen molar-refractivity contribution in [3.05, 3.63) is 108 Å². The van der Waals surface area contributed by atoms with E-state index in [1.54, 1.807) is 7.11 Å². The van der Waals surface area contributed by atoms with Crippen molar-refractivity contribution in [2.24, 2.45) is 0 Å². The molecule has 0 saturated carbocycles. The minimum absolute atomic E-state index is 0.0836. The maximum absolute atomic E-state index is 5.85.